The van der Waals surface area contributed by atoms with Crippen molar-refractivity contribution in [3.05, 3.63) is 0 Å². The van der Waals surface area contributed by atoms with Crippen molar-refractivity contribution in [2.75, 3.05) is 5.75 Å². The first-order valence-electron chi connectivity index (χ1n) is 2.51. The van der Waals surface area contributed by atoms with Gasteiger partial charge < -0.3 is 0 Å². The molecule has 11 heavy (non-hydrogen) atoms. The van der Waals surface area contributed by atoms with E-state index in [4.69, 9.17) is 19.0 Å². The van der Waals surface area contributed by atoms with Crippen LogP contribution in [0.1, 0.15) is 0 Å². The molecule has 0 saturated heterocycles. The molecule has 0 radical (unpaired) electrons. The minimum atomic E-state index is -4.75. The molecule has 0 amide bonds. The van der Waals surface area contributed by atoms with Crippen LogP contribution in [0.25, 0.3) is 0 Å². The summed E-state index contributed by atoms with van der Waals surface area (Å²) in [5.74, 6) is -1.53. The van der Waals surface area contributed by atoms with Crippen molar-refractivity contribution in [3.63, 3.8) is 0 Å². The summed E-state index contributed by atoms with van der Waals surface area (Å²) in [4.78, 5) is 10.0. The topological polar surface area (TPSA) is 121 Å². The van der Waals surface area contributed by atoms with E-state index in [-0.39, 0.29) is 5.75 Å². The summed E-state index contributed by atoms with van der Waals surface area (Å²) in [6.07, 6.45) is 0. The van der Waals surface area contributed by atoms with Crippen LogP contribution in [0.15, 0.2) is 0 Å². The molecule has 0 aliphatic carbocycles. The average Bonchev–Trinajstić information content (AvgIpc) is 1.80. The molecule has 0 aliphatic rings. The van der Waals surface area contributed by atoms with Gasteiger partial charge in [0.2, 0.25) is 0 Å². The van der Waals surface area contributed by atoms with Crippen LogP contribution in [-0.2, 0) is 8.53 Å². The third kappa shape index (κ3) is 6.46. The Hall–Kier alpha value is 0.0584. The SMILES string of the molecule is N[C@@H](CS[As](=O)(O)O)C(=O)O. The van der Waals surface area contributed by atoms with E-state index in [1.807, 2.05) is 0 Å². The van der Waals surface area contributed by atoms with E-state index in [9.17, 15) is 8.53 Å². The first-order chi connectivity index (χ1) is 4.83. The van der Waals surface area contributed by atoms with E-state index in [1.165, 1.54) is 0 Å². The number of aliphatic carboxylic acids is 1. The molecule has 0 heterocycles. The predicted octanol–water partition coefficient (Wildman–Crippen LogP) is -2.02. The van der Waals surface area contributed by atoms with Crippen LogP contribution in [0.5, 0.6) is 0 Å². The second-order valence-corrected chi connectivity index (χ2v) is 8.48. The molecule has 0 rings (SSSR count). The van der Waals surface area contributed by atoms with Crippen LogP contribution in [-0.4, -0.2) is 44.1 Å². The van der Waals surface area contributed by atoms with Crippen LogP contribution < -0.4 is 5.73 Å². The number of carboxylic acid groups (broad SMARTS) is 1. The second-order valence-electron chi connectivity index (χ2n) is 1.73. The Morgan fingerprint density at radius 3 is 2.36 bits per heavy atom. The fraction of sp³-hybridized carbons (Fsp3) is 0.667. The van der Waals surface area contributed by atoms with E-state index < -0.39 is 25.0 Å². The number of hydrogen-bond acceptors (Lipinski definition) is 4. The first kappa shape index (κ1) is 11.1. The summed E-state index contributed by atoms with van der Waals surface area (Å²) < 4.78 is 26.9. The molecular formula is C3H8AsNO5S. The average molecular weight is 245 g/mol. The minimum absolute atomic E-state index is 0.265. The van der Waals surface area contributed by atoms with Gasteiger partial charge in [-0.3, -0.25) is 0 Å². The molecule has 1 atom stereocenters. The van der Waals surface area contributed by atoms with Gasteiger partial charge in [0, 0.05) is 0 Å². The molecule has 0 unspecified atom stereocenters. The summed E-state index contributed by atoms with van der Waals surface area (Å²) in [6, 6.07) is -1.21. The van der Waals surface area contributed by atoms with Crippen molar-refractivity contribution < 1.29 is 21.8 Å². The molecule has 0 aromatic heterocycles. The van der Waals surface area contributed by atoms with Gasteiger partial charge in [0.1, 0.15) is 0 Å². The molecule has 0 bridgehead atoms. The fourth-order valence-corrected chi connectivity index (χ4v) is 2.98. The van der Waals surface area contributed by atoms with E-state index in [1.54, 1.807) is 0 Å². The van der Waals surface area contributed by atoms with Gasteiger partial charge in [0.25, 0.3) is 0 Å². The molecule has 0 aromatic carbocycles. The Bertz CT molecular complexity index is 190. The molecule has 0 spiro atoms. The summed E-state index contributed by atoms with van der Waals surface area (Å²) in [6.45, 7) is 0. The molecule has 0 fully saturated rings. The van der Waals surface area contributed by atoms with Crippen molar-refractivity contribution in [2.45, 2.75) is 6.04 Å². The number of rotatable bonds is 4. The Kier molecular flexibility index (Phi) is 4.20. The Labute approximate surface area is 68.8 Å². The summed E-state index contributed by atoms with van der Waals surface area (Å²) in [5.41, 5.74) is 4.97. The molecule has 8 heteroatoms. The van der Waals surface area contributed by atoms with Gasteiger partial charge in [-0.25, -0.2) is 0 Å². The number of nitrogens with two attached hydrogens (primary N) is 1. The van der Waals surface area contributed by atoms with Crippen molar-refractivity contribution in [2.24, 2.45) is 5.73 Å². The Balaban J connectivity index is 3.72. The standard InChI is InChI=1S/C3H8AsNO5S/c5-2(3(6)7)1-11-4(8,9)10/h2H,1,5H2,(H,6,7)(H2,8,9,10)/t2-/m0/s1. The van der Waals surface area contributed by atoms with Crippen molar-refractivity contribution in [3.8, 4) is 0 Å². The maximum atomic E-state index is 10.2. The molecular weight excluding hydrogens is 237 g/mol. The number of carbonyl (C=O) groups is 1. The van der Waals surface area contributed by atoms with E-state index in [0.29, 0.717) is 10.0 Å². The van der Waals surface area contributed by atoms with Gasteiger partial charge >= 0.3 is 68.4 Å². The van der Waals surface area contributed by atoms with Crippen molar-refractivity contribution in [1.82, 2.24) is 0 Å². The zero-order valence-corrected chi connectivity index (χ0v) is 8.07. The summed E-state index contributed by atoms with van der Waals surface area (Å²) >= 11 is -4.75. The molecule has 66 valence electrons. The quantitative estimate of drug-likeness (QED) is 0.422. The molecule has 0 aliphatic heterocycles. The van der Waals surface area contributed by atoms with Crippen molar-refractivity contribution in [1.29, 1.82) is 0 Å². The maximum absolute atomic E-state index is 10.2. The molecule has 6 nitrogen and oxygen atoms in total. The van der Waals surface area contributed by atoms with E-state index in [2.05, 4.69) is 0 Å². The Morgan fingerprint density at radius 2 is 2.09 bits per heavy atom. The molecule has 0 aromatic rings. The van der Waals surface area contributed by atoms with E-state index >= 15 is 0 Å². The van der Waals surface area contributed by atoms with Crippen LogP contribution >= 0.6 is 10.0 Å². The van der Waals surface area contributed by atoms with Crippen LogP contribution in [0, 0.1) is 0 Å². The second kappa shape index (κ2) is 4.18. The van der Waals surface area contributed by atoms with Gasteiger partial charge in [-0.2, -0.15) is 0 Å². The van der Waals surface area contributed by atoms with Crippen LogP contribution in [0.2, 0.25) is 0 Å². The molecule has 0 saturated carbocycles. The van der Waals surface area contributed by atoms with Gasteiger partial charge in [0.15, 0.2) is 0 Å². The van der Waals surface area contributed by atoms with Gasteiger partial charge in [0.05, 0.1) is 0 Å². The van der Waals surface area contributed by atoms with Gasteiger partial charge in [-0.1, -0.05) is 0 Å². The van der Waals surface area contributed by atoms with E-state index in [0.717, 1.165) is 0 Å². The molecule has 5 N–H and O–H groups in total. The zero-order valence-electron chi connectivity index (χ0n) is 5.38. The van der Waals surface area contributed by atoms with Gasteiger partial charge in [-0.05, 0) is 0 Å². The van der Waals surface area contributed by atoms with Gasteiger partial charge in [-0.15, -0.1) is 0 Å². The predicted molar refractivity (Wildman–Crippen MR) is 38.9 cm³/mol. The van der Waals surface area contributed by atoms with Crippen molar-refractivity contribution >= 4 is 29.0 Å². The normalized spacial score (nSPS) is 14.5. The first-order valence-corrected chi connectivity index (χ1v) is 8.20. The monoisotopic (exact) mass is 245 g/mol. The Morgan fingerprint density at radius 1 is 1.64 bits per heavy atom. The van der Waals surface area contributed by atoms with Crippen LogP contribution in [0.3, 0.4) is 0 Å². The number of carboxylic acids is 1. The summed E-state index contributed by atoms with van der Waals surface area (Å²) in [5, 5.41) is 8.19. The third-order valence-corrected chi connectivity index (χ3v) is 4.64. The number of hydrogen-bond donors (Lipinski definition) is 4. The summed E-state index contributed by atoms with van der Waals surface area (Å²) in [7, 11) is 0.292. The fourth-order valence-electron chi connectivity index (χ4n) is 0.249. The van der Waals surface area contributed by atoms with Crippen LogP contribution in [0.4, 0.5) is 0 Å². The zero-order chi connectivity index (χ0) is 9.07. The third-order valence-electron chi connectivity index (χ3n) is 0.739.